The maximum Gasteiger partial charge on any atom is 0.305 e. The Bertz CT molecular complexity index is 734. The van der Waals surface area contributed by atoms with Gasteiger partial charge in [-0.15, -0.1) is 0 Å². The Hall–Kier alpha value is -1.99. The molecule has 2 saturated heterocycles. The smallest absolute Gasteiger partial charge is 0.305 e. The summed E-state index contributed by atoms with van der Waals surface area (Å²) in [5, 5.41) is 3.70. The van der Waals surface area contributed by atoms with Crippen molar-refractivity contribution in [2.24, 2.45) is 5.92 Å². The number of rotatable bonds is 5. The Morgan fingerprint density at radius 1 is 1.36 bits per heavy atom. The number of nitrogens with one attached hydrogen (secondary N) is 1. The fourth-order valence-electron chi connectivity index (χ4n) is 3.59. The van der Waals surface area contributed by atoms with Crippen LogP contribution in [0.1, 0.15) is 23.2 Å². The zero-order valence-corrected chi connectivity index (χ0v) is 14.9. The van der Waals surface area contributed by atoms with Crippen molar-refractivity contribution >= 4 is 17.7 Å². The molecule has 2 aromatic rings. The van der Waals surface area contributed by atoms with Gasteiger partial charge in [-0.25, -0.2) is 4.98 Å². The topological polar surface area (TPSA) is 67.6 Å². The molecule has 2 bridgehead atoms. The molecule has 1 N–H and O–H groups in total. The van der Waals surface area contributed by atoms with Crippen LogP contribution in [-0.2, 0) is 0 Å². The van der Waals surface area contributed by atoms with Crippen LogP contribution in [0.2, 0.25) is 0 Å². The van der Waals surface area contributed by atoms with Crippen molar-refractivity contribution in [3.05, 3.63) is 36.0 Å². The van der Waals surface area contributed by atoms with Gasteiger partial charge in [0.15, 0.2) is 0 Å². The summed E-state index contributed by atoms with van der Waals surface area (Å²) >= 11 is 1.39. The monoisotopic (exact) mass is 359 g/mol. The first-order valence-electron chi connectivity index (χ1n) is 8.50. The van der Waals surface area contributed by atoms with E-state index in [1.165, 1.54) is 44.6 Å². The maximum absolute atomic E-state index is 12.5. The van der Waals surface area contributed by atoms with Gasteiger partial charge in [0.25, 0.3) is 11.1 Å². The molecular formula is C18H21N3O3S. The van der Waals surface area contributed by atoms with Crippen LogP contribution >= 0.6 is 11.8 Å². The summed E-state index contributed by atoms with van der Waals surface area (Å²) in [6.45, 7) is 3.35. The number of carbonyl (C=O) groups is 1. The quantitative estimate of drug-likeness (QED) is 0.885. The van der Waals surface area contributed by atoms with Gasteiger partial charge >= 0.3 is 5.95 Å². The largest absolute Gasteiger partial charge is 0.467 e. The highest BCUT2D eigenvalue weighted by atomic mass is 32.2. The predicted molar refractivity (Wildman–Crippen MR) is 94.0 cm³/mol. The summed E-state index contributed by atoms with van der Waals surface area (Å²) in [6.07, 6.45) is 3.91. The number of ether oxygens (including phenoxy) is 1. The van der Waals surface area contributed by atoms with Gasteiger partial charge in [0.2, 0.25) is 0 Å². The zero-order valence-electron chi connectivity index (χ0n) is 14.1. The van der Waals surface area contributed by atoms with E-state index in [1.54, 1.807) is 0 Å². The Morgan fingerprint density at radius 2 is 2.20 bits per heavy atom. The SMILES string of the molecule is COc1cnc(Sc2ccc(C(=O)N[C@@H]3C[C@@H]4CCN(C4)C3)cc2)o1. The highest BCUT2D eigenvalue weighted by molar-refractivity contribution is 7.99. The molecule has 2 fully saturated rings. The molecule has 7 heteroatoms. The highest BCUT2D eigenvalue weighted by Crippen LogP contribution is 2.30. The summed E-state index contributed by atoms with van der Waals surface area (Å²) in [5.41, 5.74) is 0.683. The third kappa shape index (κ3) is 3.82. The van der Waals surface area contributed by atoms with Crippen LogP contribution in [-0.4, -0.2) is 48.6 Å². The molecule has 0 aliphatic carbocycles. The van der Waals surface area contributed by atoms with E-state index in [9.17, 15) is 4.79 Å². The van der Waals surface area contributed by atoms with Gasteiger partial charge in [0.05, 0.1) is 7.11 Å². The predicted octanol–water partition coefficient (Wildman–Crippen LogP) is 2.66. The minimum absolute atomic E-state index is 0.00171. The van der Waals surface area contributed by atoms with Gasteiger partial charge in [0.1, 0.15) is 6.20 Å². The molecular weight excluding hydrogens is 338 g/mol. The second-order valence-corrected chi connectivity index (χ2v) is 7.62. The Balaban J connectivity index is 1.35. The molecule has 4 rings (SSSR count). The van der Waals surface area contributed by atoms with Crippen LogP contribution in [0.25, 0.3) is 0 Å². The second-order valence-electron chi connectivity index (χ2n) is 6.60. The number of carbonyl (C=O) groups excluding carboxylic acids is 1. The van der Waals surface area contributed by atoms with Crippen LogP contribution in [0.4, 0.5) is 0 Å². The van der Waals surface area contributed by atoms with Gasteiger partial charge in [0, 0.05) is 29.6 Å². The van der Waals surface area contributed by atoms with Gasteiger partial charge in [-0.2, -0.15) is 0 Å². The molecule has 132 valence electrons. The molecule has 6 nitrogen and oxygen atoms in total. The van der Waals surface area contributed by atoms with Crippen LogP contribution < -0.4 is 10.1 Å². The van der Waals surface area contributed by atoms with Crippen LogP contribution in [0.5, 0.6) is 5.95 Å². The molecule has 3 heterocycles. The van der Waals surface area contributed by atoms with Gasteiger partial charge < -0.3 is 19.4 Å². The van der Waals surface area contributed by atoms with Crippen LogP contribution in [0.3, 0.4) is 0 Å². The first kappa shape index (κ1) is 16.5. The Morgan fingerprint density at radius 3 is 2.92 bits per heavy atom. The van der Waals surface area contributed by atoms with E-state index < -0.39 is 0 Å². The third-order valence-corrected chi connectivity index (χ3v) is 5.66. The standard InChI is InChI=1S/C18H21N3O3S/c1-23-16-9-19-18(24-16)25-15-4-2-13(3-5-15)17(22)20-14-8-12-6-7-21(10-12)11-14/h2-5,9,12,14H,6-8,10-11H2,1H3,(H,20,22)/t12-,14+/m0/s1. The van der Waals surface area contributed by atoms with Crippen molar-refractivity contribution in [1.29, 1.82) is 0 Å². The number of oxazole rings is 1. The fourth-order valence-corrected chi connectivity index (χ4v) is 4.30. The van der Waals surface area contributed by atoms with E-state index >= 15 is 0 Å². The van der Waals surface area contributed by atoms with Crippen molar-refractivity contribution in [3.8, 4) is 5.95 Å². The van der Waals surface area contributed by atoms with E-state index in [0.29, 0.717) is 16.7 Å². The number of hydrogen-bond donors (Lipinski definition) is 1. The lowest BCUT2D eigenvalue weighted by atomic mass is 9.96. The average molecular weight is 359 g/mol. The average Bonchev–Trinajstić information content (AvgIpc) is 3.21. The van der Waals surface area contributed by atoms with Gasteiger partial charge in [-0.3, -0.25) is 4.79 Å². The molecule has 1 aromatic heterocycles. The minimum Gasteiger partial charge on any atom is -0.467 e. The lowest BCUT2D eigenvalue weighted by molar-refractivity contribution is 0.0909. The normalized spacial score (nSPS) is 24.9. The van der Waals surface area contributed by atoms with E-state index in [-0.39, 0.29) is 11.9 Å². The zero-order chi connectivity index (χ0) is 17.2. The summed E-state index contributed by atoms with van der Waals surface area (Å²) < 4.78 is 10.4. The fraction of sp³-hybridized carbons (Fsp3) is 0.444. The number of nitrogens with zero attached hydrogens (tertiary/aromatic N) is 2. The maximum atomic E-state index is 12.5. The Labute approximate surface area is 150 Å². The molecule has 1 unspecified atom stereocenters. The summed E-state index contributed by atoms with van der Waals surface area (Å²) in [4.78, 5) is 20.0. The van der Waals surface area contributed by atoms with E-state index in [4.69, 9.17) is 9.15 Å². The van der Waals surface area contributed by atoms with E-state index in [0.717, 1.165) is 23.8 Å². The lowest BCUT2D eigenvalue weighted by Gasteiger charge is -2.30. The number of aromatic nitrogens is 1. The molecule has 0 spiro atoms. The summed E-state index contributed by atoms with van der Waals surface area (Å²) in [5.74, 6) is 1.13. The third-order valence-electron chi connectivity index (χ3n) is 4.79. The van der Waals surface area contributed by atoms with E-state index in [1.807, 2.05) is 24.3 Å². The number of hydrogen-bond acceptors (Lipinski definition) is 6. The number of piperidine rings is 1. The first-order valence-corrected chi connectivity index (χ1v) is 9.32. The van der Waals surface area contributed by atoms with Crippen molar-refractivity contribution in [3.63, 3.8) is 0 Å². The molecule has 1 aromatic carbocycles. The number of benzene rings is 1. The second kappa shape index (κ2) is 7.09. The van der Waals surface area contributed by atoms with Gasteiger partial charge in [-0.05, 0) is 61.3 Å². The van der Waals surface area contributed by atoms with E-state index in [2.05, 4.69) is 15.2 Å². The van der Waals surface area contributed by atoms with Crippen LogP contribution in [0, 0.1) is 5.92 Å². The molecule has 25 heavy (non-hydrogen) atoms. The van der Waals surface area contributed by atoms with Crippen molar-refractivity contribution < 1.29 is 13.9 Å². The molecule has 0 radical (unpaired) electrons. The van der Waals surface area contributed by atoms with Crippen molar-refractivity contribution in [2.75, 3.05) is 26.7 Å². The summed E-state index contributed by atoms with van der Waals surface area (Å²) in [7, 11) is 1.54. The molecule has 2 aliphatic heterocycles. The molecule has 3 atom stereocenters. The minimum atomic E-state index is 0.00171. The number of methoxy groups -OCH3 is 1. The molecule has 0 saturated carbocycles. The number of fused-ring (bicyclic) bond motifs is 2. The Kier molecular flexibility index (Phi) is 4.67. The van der Waals surface area contributed by atoms with Crippen LogP contribution in [0.15, 0.2) is 45.0 Å². The summed E-state index contributed by atoms with van der Waals surface area (Å²) in [6, 6.07) is 7.77. The first-order chi connectivity index (χ1) is 12.2. The molecule has 2 aliphatic rings. The highest BCUT2D eigenvalue weighted by Gasteiger charge is 2.32. The number of amides is 1. The van der Waals surface area contributed by atoms with Crippen molar-refractivity contribution in [2.45, 2.75) is 29.0 Å². The van der Waals surface area contributed by atoms with Gasteiger partial charge in [-0.1, -0.05) is 0 Å². The molecule has 1 amide bonds. The van der Waals surface area contributed by atoms with Crippen molar-refractivity contribution in [1.82, 2.24) is 15.2 Å². The lowest BCUT2D eigenvalue weighted by Crippen LogP contribution is -2.47.